The average Bonchev–Trinajstić information content (AvgIpc) is 2.41. The van der Waals surface area contributed by atoms with E-state index in [1.807, 2.05) is 0 Å². The van der Waals surface area contributed by atoms with Gasteiger partial charge in [-0.05, 0) is 17.7 Å². The summed E-state index contributed by atoms with van der Waals surface area (Å²) in [7, 11) is 0. The molecule has 0 unspecified atom stereocenters. The smallest absolute Gasteiger partial charge is 0.272 e. The van der Waals surface area contributed by atoms with E-state index in [2.05, 4.69) is 4.98 Å². The van der Waals surface area contributed by atoms with Crippen LogP contribution in [0.2, 0.25) is 0 Å². The Morgan fingerprint density at radius 1 is 1.37 bits per heavy atom. The number of pyridine rings is 1. The molecule has 0 amide bonds. The van der Waals surface area contributed by atoms with E-state index in [0.717, 1.165) is 17.7 Å². The SMILES string of the molecule is O=[N+]([O-])c1ccc(Oc2cncc(CCl)c2)c(F)c1. The third kappa shape index (κ3) is 3.17. The fraction of sp³-hybridized carbons (Fsp3) is 0.0833. The first-order valence-corrected chi connectivity index (χ1v) is 5.75. The van der Waals surface area contributed by atoms with Gasteiger partial charge in [0.05, 0.1) is 17.2 Å². The van der Waals surface area contributed by atoms with Crippen LogP contribution in [0.3, 0.4) is 0 Å². The topological polar surface area (TPSA) is 65.3 Å². The number of ether oxygens (including phenoxy) is 1. The lowest BCUT2D eigenvalue weighted by molar-refractivity contribution is -0.385. The second-order valence-electron chi connectivity index (χ2n) is 3.64. The van der Waals surface area contributed by atoms with Crippen LogP contribution in [0.4, 0.5) is 10.1 Å². The van der Waals surface area contributed by atoms with Crippen molar-refractivity contribution in [3.8, 4) is 11.5 Å². The molecule has 1 aromatic heterocycles. The fourth-order valence-corrected chi connectivity index (χ4v) is 1.55. The number of hydrogen-bond acceptors (Lipinski definition) is 4. The minimum absolute atomic E-state index is 0.112. The molecule has 19 heavy (non-hydrogen) atoms. The van der Waals surface area contributed by atoms with E-state index in [9.17, 15) is 14.5 Å². The third-order valence-corrected chi connectivity index (χ3v) is 2.59. The van der Waals surface area contributed by atoms with Crippen molar-refractivity contribution in [1.82, 2.24) is 4.98 Å². The maximum atomic E-state index is 13.6. The first kappa shape index (κ1) is 13.2. The summed E-state index contributed by atoms with van der Waals surface area (Å²) in [6, 6.07) is 4.77. The lowest BCUT2D eigenvalue weighted by atomic mass is 10.3. The van der Waals surface area contributed by atoms with Crippen molar-refractivity contribution in [2.45, 2.75) is 5.88 Å². The number of nitro benzene ring substituents is 1. The minimum atomic E-state index is -0.814. The molecule has 0 N–H and O–H groups in total. The van der Waals surface area contributed by atoms with Crippen LogP contribution in [-0.4, -0.2) is 9.91 Å². The average molecular weight is 283 g/mol. The van der Waals surface area contributed by atoms with Crippen LogP contribution in [-0.2, 0) is 5.88 Å². The number of rotatable bonds is 4. The summed E-state index contributed by atoms with van der Waals surface area (Å²) in [6.07, 6.45) is 2.96. The number of non-ortho nitro benzene ring substituents is 1. The maximum Gasteiger partial charge on any atom is 0.272 e. The molecular formula is C12H8ClFN2O3. The molecule has 0 aliphatic rings. The Kier molecular flexibility index (Phi) is 3.91. The monoisotopic (exact) mass is 282 g/mol. The largest absolute Gasteiger partial charge is 0.453 e. The predicted octanol–water partition coefficient (Wildman–Crippen LogP) is 3.66. The molecule has 2 rings (SSSR count). The first-order chi connectivity index (χ1) is 9.10. The Morgan fingerprint density at radius 2 is 2.16 bits per heavy atom. The molecule has 0 saturated heterocycles. The van der Waals surface area contributed by atoms with E-state index in [4.69, 9.17) is 16.3 Å². The number of aromatic nitrogens is 1. The van der Waals surface area contributed by atoms with Crippen LogP contribution in [0, 0.1) is 15.9 Å². The van der Waals surface area contributed by atoms with Gasteiger partial charge in [0, 0.05) is 18.1 Å². The van der Waals surface area contributed by atoms with Gasteiger partial charge in [0.1, 0.15) is 5.75 Å². The van der Waals surface area contributed by atoms with Crippen LogP contribution in [0.1, 0.15) is 5.56 Å². The molecule has 0 fully saturated rings. The number of benzene rings is 1. The standard InChI is InChI=1S/C12H8ClFN2O3/c13-5-8-3-10(7-15-6-8)19-12-2-1-9(16(17)18)4-11(12)14/h1-4,6-7H,5H2. The summed E-state index contributed by atoms with van der Waals surface area (Å²) < 4.78 is 18.9. The maximum absolute atomic E-state index is 13.6. The highest BCUT2D eigenvalue weighted by Gasteiger charge is 2.12. The van der Waals surface area contributed by atoms with Gasteiger partial charge in [-0.25, -0.2) is 4.39 Å². The van der Waals surface area contributed by atoms with Crippen molar-refractivity contribution < 1.29 is 14.1 Å². The third-order valence-electron chi connectivity index (χ3n) is 2.28. The van der Waals surface area contributed by atoms with Crippen LogP contribution in [0.5, 0.6) is 11.5 Å². The molecule has 2 aromatic rings. The number of nitro groups is 1. The van der Waals surface area contributed by atoms with Crippen molar-refractivity contribution in [3.05, 3.63) is 58.2 Å². The molecule has 0 spiro atoms. The highest BCUT2D eigenvalue weighted by Crippen LogP contribution is 2.27. The molecule has 0 saturated carbocycles. The summed E-state index contributed by atoms with van der Waals surface area (Å²) in [5.74, 6) is -0.358. The van der Waals surface area contributed by atoms with Crippen LogP contribution in [0.15, 0.2) is 36.7 Å². The van der Waals surface area contributed by atoms with Crippen molar-refractivity contribution >= 4 is 17.3 Å². The fourth-order valence-electron chi connectivity index (χ4n) is 1.41. The van der Waals surface area contributed by atoms with Gasteiger partial charge in [-0.2, -0.15) is 0 Å². The Labute approximate surface area is 112 Å². The summed E-state index contributed by atoms with van der Waals surface area (Å²) in [5.41, 5.74) is 0.388. The Hall–Kier alpha value is -2.21. The molecule has 98 valence electrons. The highest BCUT2D eigenvalue weighted by molar-refractivity contribution is 6.17. The second-order valence-corrected chi connectivity index (χ2v) is 3.90. The Bertz CT molecular complexity index is 622. The zero-order valence-corrected chi connectivity index (χ0v) is 10.3. The molecule has 0 atom stereocenters. The zero-order chi connectivity index (χ0) is 13.8. The number of nitrogens with zero attached hydrogens (tertiary/aromatic N) is 2. The van der Waals surface area contributed by atoms with Crippen molar-refractivity contribution in [1.29, 1.82) is 0 Å². The van der Waals surface area contributed by atoms with Gasteiger partial charge in [-0.15, -0.1) is 11.6 Å². The lowest BCUT2D eigenvalue weighted by Gasteiger charge is -2.06. The highest BCUT2D eigenvalue weighted by atomic mass is 35.5. The van der Waals surface area contributed by atoms with Crippen LogP contribution >= 0.6 is 11.6 Å². The Balaban J connectivity index is 2.25. The van der Waals surface area contributed by atoms with Gasteiger partial charge < -0.3 is 4.74 Å². The van der Waals surface area contributed by atoms with Gasteiger partial charge in [0.15, 0.2) is 11.6 Å². The van der Waals surface area contributed by atoms with E-state index in [-0.39, 0.29) is 17.3 Å². The summed E-state index contributed by atoms with van der Waals surface area (Å²) >= 11 is 5.64. The molecular weight excluding hydrogens is 275 g/mol. The normalized spacial score (nSPS) is 10.2. The van der Waals surface area contributed by atoms with Gasteiger partial charge in [-0.3, -0.25) is 15.1 Å². The molecule has 5 nitrogen and oxygen atoms in total. The molecule has 0 aliphatic carbocycles. The minimum Gasteiger partial charge on any atom is -0.453 e. The molecule has 0 aliphatic heterocycles. The Morgan fingerprint density at radius 3 is 2.79 bits per heavy atom. The molecule has 7 heteroatoms. The lowest BCUT2D eigenvalue weighted by Crippen LogP contribution is -1.93. The zero-order valence-electron chi connectivity index (χ0n) is 9.55. The second kappa shape index (κ2) is 5.62. The number of hydrogen-bond donors (Lipinski definition) is 0. The quantitative estimate of drug-likeness (QED) is 0.487. The number of alkyl halides is 1. The van der Waals surface area contributed by atoms with Crippen molar-refractivity contribution in [3.63, 3.8) is 0 Å². The van der Waals surface area contributed by atoms with E-state index < -0.39 is 10.7 Å². The predicted molar refractivity (Wildman–Crippen MR) is 66.9 cm³/mol. The van der Waals surface area contributed by atoms with E-state index >= 15 is 0 Å². The van der Waals surface area contributed by atoms with Gasteiger partial charge in [-0.1, -0.05) is 0 Å². The summed E-state index contributed by atoms with van der Waals surface area (Å²) in [4.78, 5) is 13.7. The molecule has 1 aromatic carbocycles. The van der Waals surface area contributed by atoms with Gasteiger partial charge >= 0.3 is 0 Å². The first-order valence-electron chi connectivity index (χ1n) is 5.22. The van der Waals surface area contributed by atoms with E-state index in [0.29, 0.717) is 5.75 Å². The number of halogens is 2. The van der Waals surface area contributed by atoms with E-state index in [1.54, 1.807) is 12.3 Å². The van der Waals surface area contributed by atoms with Crippen molar-refractivity contribution in [2.75, 3.05) is 0 Å². The van der Waals surface area contributed by atoms with E-state index in [1.165, 1.54) is 12.3 Å². The molecule has 0 bridgehead atoms. The van der Waals surface area contributed by atoms with Crippen LogP contribution < -0.4 is 4.74 Å². The van der Waals surface area contributed by atoms with Crippen molar-refractivity contribution in [2.24, 2.45) is 0 Å². The van der Waals surface area contributed by atoms with Crippen LogP contribution in [0.25, 0.3) is 0 Å². The van der Waals surface area contributed by atoms with Gasteiger partial charge in [0.25, 0.3) is 5.69 Å². The molecule has 1 heterocycles. The van der Waals surface area contributed by atoms with Gasteiger partial charge in [0.2, 0.25) is 0 Å². The summed E-state index contributed by atoms with van der Waals surface area (Å²) in [6.45, 7) is 0. The summed E-state index contributed by atoms with van der Waals surface area (Å²) in [5, 5.41) is 10.5. The molecule has 0 radical (unpaired) electrons.